The molecule has 3 heteroatoms. The molecule has 3 nitrogen and oxygen atoms in total. The maximum atomic E-state index is 11.5. The maximum Gasteiger partial charge on any atom is 0.320 e. The van der Waals surface area contributed by atoms with Gasteiger partial charge in [0.1, 0.15) is 0 Å². The molecule has 1 saturated heterocycles. The van der Waals surface area contributed by atoms with Gasteiger partial charge in [0.2, 0.25) is 0 Å². The summed E-state index contributed by atoms with van der Waals surface area (Å²) in [4.78, 5) is 13.7. The largest absolute Gasteiger partial charge is 0.465 e. The lowest BCUT2D eigenvalue weighted by molar-refractivity contribution is -0.145. The van der Waals surface area contributed by atoms with E-state index in [1.807, 2.05) is 0 Å². The molecule has 1 heterocycles. The van der Waals surface area contributed by atoms with Crippen LogP contribution in [0.4, 0.5) is 0 Å². The summed E-state index contributed by atoms with van der Waals surface area (Å²) >= 11 is 0. The fourth-order valence-corrected chi connectivity index (χ4v) is 1.88. The Bertz CT molecular complexity index is 216. The second-order valence-electron chi connectivity index (χ2n) is 5.51. The van der Waals surface area contributed by atoms with Crippen LogP contribution >= 0.6 is 0 Å². The van der Waals surface area contributed by atoms with E-state index in [9.17, 15) is 4.79 Å². The molecule has 0 aromatic carbocycles. The van der Waals surface area contributed by atoms with E-state index in [1.165, 1.54) is 12.8 Å². The molecular formula is C13H25NO2. The molecule has 0 spiro atoms. The van der Waals surface area contributed by atoms with Crippen molar-refractivity contribution < 1.29 is 9.53 Å². The van der Waals surface area contributed by atoms with E-state index in [0.29, 0.717) is 18.6 Å². The van der Waals surface area contributed by atoms with E-state index in [0.717, 1.165) is 25.9 Å². The van der Waals surface area contributed by atoms with Crippen molar-refractivity contribution in [1.82, 2.24) is 4.90 Å². The molecule has 0 N–H and O–H groups in total. The molecule has 1 fully saturated rings. The third-order valence-corrected chi connectivity index (χ3v) is 3.32. The van der Waals surface area contributed by atoms with Crippen molar-refractivity contribution in [3.05, 3.63) is 0 Å². The van der Waals surface area contributed by atoms with Crippen LogP contribution in [0.5, 0.6) is 0 Å². The summed E-state index contributed by atoms with van der Waals surface area (Å²) in [7, 11) is 0. The van der Waals surface area contributed by atoms with Gasteiger partial charge >= 0.3 is 5.97 Å². The first kappa shape index (κ1) is 13.5. The number of piperidine rings is 1. The minimum Gasteiger partial charge on any atom is -0.465 e. The van der Waals surface area contributed by atoms with E-state index in [-0.39, 0.29) is 5.97 Å². The molecule has 1 rings (SSSR count). The normalized spacial score (nSPS) is 20.7. The molecule has 0 atom stereocenters. The fourth-order valence-electron chi connectivity index (χ4n) is 1.88. The van der Waals surface area contributed by atoms with E-state index in [2.05, 4.69) is 25.7 Å². The summed E-state index contributed by atoms with van der Waals surface area (Å²) in [5.41, 5.74) is 0.447. The highest BCUT2D eigenvalue weighted by atomic mass is 16.5. The number of likely N-dealkylation sites (tertiary alicyclic amines) is 1. The van der Waals surface area contributed by atoms with Gasteiger partial charge in [0.15, 0.2) is 0 Å². The van der Waals surface area contributed by atoms with Crippen LogP contribution in [0.3, 0.4) is 0 Å². The summed E-state index contributed by atoms with van der Waals surface area (Å²) in [6.45, 7) is 9.79. The van der Waals surface area contributed by atoms with Crippen LogP contribution in [0.1, 0.15) is 46.5 Å². The maximum absolute atomic E-state index is 11.5. The standard InChI is InChI=1S/C13H25NO2/c1-4-5-10-16-12(15)11-14-8-6-13(2,3)7-9-14/h4-11H2,1-3H3. The Morgan fingerprint density at radius 3 is 2.50 bits per heavy atom. The molecule has 1 aliphatic heterocycles. The number of carbonyl (C=O) groups is 1. The number of ether oxygens (including phenoxy) is 1. The van der Waals surface area contributed by atoms with Crippen molar-refractivity contribution >= 4 is 5.97 Å². The molecule has 0 radical (unpaired) electrons. The number of rotatable bonds is 5. The van der Waals surface area contributed by atoms with Crippen molar-refractivity contribution in [2.24, 2.45) is 5.41 Å². The minimum atomic E-state index is -0.0619. The van der Waals surface area contributed by atoms with Gasteiger partial charge in [-0.3, -0.25) is 9.69 Å². The first-order chi connectivity index (χ1) is 7.53. The Labute approximate surface area is 99.1 Å². The van der Waals surface area contributed by atoms with Crippen molar-refractivity contribution in [3.8, 4) is 0 Å². The Balaban J connectivity index is 2.16. The van der Waals surface area contributed by atoms with E-state index >= 15 is 0 Å². The van der Waals surface area contributed by atoms with E-state index < -0.39 is 0 Å². The van der Waals surface area contributed by atoms with Crippen LogP contribution in [-0.4, -0.2) is 37.1 Å². The van der Waals surface area contributed by atoms with Crippen LogP contribution in [-0.2, 0) is 9.53 Å². The van der Waals surface area contributed by atoms with Crippen LogP contribution in [0, 0.1) is 5.41 Å². The van der Waals surface area contributed by atoms with Gasteiger partial charge in [0.05, 0.1) is 13.2 Å². The summed E-state index contributed by atoms with van der Waals surface area (Å²) < 4.78 is 5.16. The molecular weight excluding hydrogens is 202 g/mol. The van der Waals surface area contributed by atoms with Crippen molar-refractivity contribution in [3.63, 3.8) is 0 Å². The van der Waals surface area contributed by atoms with Gasteiger partial charge < -0.3 is 4.74 Å². The van der Waals surface area contributed by atoms with Crippen LogP contribution in [0.25, 0.3) is 0 Å². The average molecular weight is 227 g/mol. The summed E-state index contributed by atoms with van der Waals surface area (Å²) in [6.07, 6.45) is 4.40. The van der Waals surface area contributed by atoms with Gasteiger partial charge in [0, 0.05) is 0 Å². The molecule has 0 aromatic heterocycles. The van der Waals surface area contributed by atoms with Gasteiger partial charge in [-0.2, -0.15) is 0 Å². The third-order valence-electron chi connectivity index (χ3n) is 3.32. The SMILES string of the molecule is CCCCOC(=O)CN1CCC(C)(C)CC1. The average Bonchev–Trinajstić information content (AvgIpc) is 2.22. The predicted molar refractivity (Wildman–Crippen MR) is 65.3 cm³/mol. The van der Waals surface area contributed by atoms with Crippen LogP contribution in [0.2, 0.25) is 0 Å². The highest BCUT2D eigenvalue weighted by Crippen LogP contribution is 2.29. The van der Waals surface area contributed by atoms with E-state index in [4.69, 9.17) is 4.74 Å². The molecule has 0 saturated carbocycles. The topological polar surface area (TPSA) is 29.5 Å². The molecule has 94 valence electrons. The zero-order valence-corrected chi connectivity index (χ0v) is 10.9. The molecule has 16 heavy (non-hydrogen) atoms. The van der Waals surface area contributed by atoms with Gasteiger partial charge in [-0.15, -0.1) is 0 Å². The molecule has 1 aliphatic rings. The minimum absolute atomic E-state index is 0.0619. The summed E-state index contributed by atoms with van der Waals surface area (Å²) in [5, 5.41) is 0. The van der Waals surface area contributed by atoms with Crippen molar-refractivity contribution in [2.45, 2.75) is 46.5 Å². The monoisotopic (exact) mass is 227 g/mol. The molecule has 0 aliphatic carbocycles. The molecule has 0 amide bonds. The Morgan fingerprint density at radius 1 is 1.31 bits per heavy atom. The van der Waals surface area contributed by atoms with Gasteiger partial charge in [-0.1, -0.05) is 27.2 Å². The Hall–Kier alpha value is -0.570. The van der Waals surface area contributed by atoms with Crippen molar-refractivity contribution in [1.29, 1.82) is 0 Å². The quantitative estimate of drug-likeness (QED) is 0.534. The van der Waals surface area contributed by atoms with E-state index in [1.54, 1.807) is 0 Å². The Morgan fingerprint density at radius 2 is 1.94 bits per heavy atom. The lowest BCUT2D eigenvalue weighted by Crippen LogP contribution is -2.40. The highest BCUT2D eigenvalue weighted by molar-refractivity contribution is 5.71. The second-order valence-corrected chi connectivity index (χ2v) is 5.51. The van der Waals surface area contributed by atoms with Crippen LogP contribution < -0.4 is 0 Å². The molecule has 0 aromatic rings. The highest BCUT2D eigenvalue weighted by Gasteiger charge is 2.26. The molecule has 0 unspecified atom stereocenters. The number of hydrogen-bond donors (Lipinski definition) is 0. The van der Waals surface area contributed by atoms with Gasteiger partial charge in [-0.25, -0.2) is 0 Å². The first-order valence-corrected chi connectivity index (χ1v) is 6.41. The zero-order chi connectivity index (χ0) is 12.0. The third kappa shape index (κ3) is 4.97. The lowest BCUT2D eigenvalue weighted by Gasteiger charge is -2.36. The summed E-state index contributed by atoms with van der Waals surface area (Å²) in [6, 6.07) is 0. The summed E-state index contributed by atoms with van der Waals surface area (Å²) in [5.74, 6) is -0.0619. The lowest BCUT2D eigenvalue weighted by atomic mass is 9.83. The van der Waals surface area contributed by atoms with Gasteiger partial charge in [0.25, 0.3) is 0 Å². The number of esters is 1. The number of hydrogen-bond acceptors (Lipinski definition) is 3. The first-order valence-electron chi connectivity index (χ1n) is 6.41. The smallest absolute Gasteiger partial charge is 0.320 e. The number of nitrogens with zero attached hydrogens (tertiary/aromatic N) is 1. The van der Waals surface area contributed by atoms with Crippen LogP contribution in [0.15, 0.2) is 0 Å². The fraction of sp³-hybridized carbons (Fsp3) is 0.923. The predicted octanol–water partition coefficient (Wildman–Crippen LogP) is 2.45. The second kappa shape index (κ2) is 6.24. The van der Waals surface area contributed by atoms with Crippen molar-refractivity contribution in [2.75, 3.05) is 26.2 Å². The Kier molecular flexibility index (Phi) is 5.26. The number of unbranched alkanes of at least 4 members (excludes halogenated alkanes) is 1. The number of carbonyl (C=O) groups excluding carboxylic acids is 1. The van der Waals surface area contributed by atoms with Gasteiger partial charge in [-0.05, 0) is 37.8 Å². The molecule has 0 bridgehead atoms. The zero-order valence-electron chi connectivity index (χ0n) is 10.9.